The second-order valence-corrected chi connectivity index (χ2v) is 6.07. The van der Waals surface area contributed by atoms with Gasteiger partial charge in [-0.15, -0.1) is 0 Å². The Morgan fingerprint density at radius 3 is 2.81 bits per heavy atom. The highest BCUT2D eigenvalue weighted by molar-refractivity contribution is 5.36. The quantitative estimate of drug-likeness (QED) is 0.715. The van der Waals surface area contributed by atoms with Crippen molar-refractivity contribution in [3.8, 4) is 11.8 Å². The van der Waals surface area contributed by atoms with Crippen molar-refractivity contribution in [3.63, 3.8) is 0 Å². The van der Waals surface area contributed by atoms with E-state index in [9.17, 15) is 0 Å². The van der Waals surface area contributed by atoms with E-state index >= 15 is 0 Å². The first-order chi connectivity index (χ1) is 10.2. The smallest absolute Gasteiger partial charge is 0.120 e. The lowest BCUT2D eigenvalue weighted by Gasteiger charge is -2.26. The van der Waals surface area contributed by atoms with Crippen LogP contribution in [0.15, 0.2) is 24.3 Å². The van der Waals surface area contributed by atoms with Crippen LogP contribution >= 0.6 is 0 Å². The normalized spacial score (nSPS) is 17.6. The van der Waals surface area contributed by atoms with Crippen LogP contribution in [0.25, 0.3) is 0 Å². The topological polar surface area (TPSA) is 36.3 Å². The van der Waals surface area contributed by atoms with Gasteiger partial charge in [-0.3, -0.25) is 0 Å². The van der Waals surface area contributed by atoms with E-state index in [1.54, 1.807) is 12.1 Å². The summed E-state index contributed by atoms with van der Waals surface area (Å²) in [7, 11) is 0. The lowest BCUT2D eigenvalue weighted by molar-refractivity contribution is 0.222. The number of ether oxygens (including phenoxy) is 1. The summed E-state index contributed by atoms with van der Waals surface area (Å²) < 4.78 is 5.74. The Balaban J connectivity index is 1.70. The van der Waals surface area contributed by atoms with E-state index in [2.05, 4.69) is 24.8 Å². The standard InChI is InChI=1S/C18H26N2O/c1-3-18(4-2)9-11-20(15-18)10-6-12-21-17-8-5-7-16(13-17)14-19/h5,7-8,13H,3-4,6,9-12,15H2,1-2H3. The van der Waals surface area contributed by atoms with Crippen LogP contribution in [0.3, 0.4) is 0 Å². The number of rotatable bonds is 7. The molecule has 1 aliphatic heterocycles. The highest BCUT2D eigenvalue weighted by atomic mass is 16.5. The number of benzene rings is 1. The Morgan fingerprint density at radius 2 is 2.14 bits per heavy atom. The fourth-order valence-electron chi connectivity index (χ4n) is 3.18. The monoisotopic (exact) mass is 286 g/mol. The van der Waals surface area contributed by atoms with Crippen molar-refractivity contribution in [3.05, 3.63) is 29.8 Å². The van der Waals surface area contributed by atoms with Crippen LogP contribution in [0.4, 0.5) is 0 Å². The maximum Gasteiger partial charge on any atom is 0.120 e. The van der Waals surface area contributed by atoms with Crippen molar-refractivity contribution in [1.82, 2.24) is 4.90 Å². The lowest BCUT2D eigenvalue weighted by Crippen LogP contribution is -2.27. The van der Waals surface area contributed by atoms with Gasteiger partial charge in [0.25, 0.3) is 0 Å². The summed E-state index contributed by atoms with van der Waals surface area (Å²) in [6, 6.07) is 9.51. The first-order valence-electron chi connectivity index (χ1n) is 8.06. The van der Waals surface area contributed by atoms with Crippen LogP contribution in [-0.2, 0) is 0 Å². The van der Waals surface area contributed by atoms with Crippen LogP contribution in [0.2, 0.25) is 0 Å². The molecule has 0 aromatic heterocycles. The van der Waals surface area contributed by atoms with E-state index in [1.807, 2.05) is 12.1 Å². The maximum atomic E-state index is 8.86. The third kappa shape index (κ3) is 4.22. The molecule has 3 nitrogen and oxygen atoms in total. The van der Waals surface area contributed by atoms with Gasteiger partial charge in [0.2, 0.25) is 0 Å². The third-order valence-electron chi connectivity index (χ3n) is 4.87. The summed E-state index contributed by atoms with van der Waals surface area (Å²) >= 11 is 0. The van der Waals surface area contributed by atoms with Crippen molar-refractivity contribution in [2.75, 3.05) is 26.2 Å². The molecular formula is C18H26N2O. The molecule has 0 atom stereocenters. The molecule has 1 heterocycles. The summed E-state index contributed by atoms with van der Waals surface area (Å²) in [6.07, 6.45) is 4.96. The van der Waals surface area contributed by atoms with E-state index < -0.39 is 0 Å². The molecule has 0 amide bonds. The summed E-state index contributed by atoms with van der Waals surface area (Å²) in [5.41, 5.74) is 1.21. The largest absolute Gasteiger partial charge is 0.494 e. The minimum atomic E-state index is 0.558. The van der Waals surface area contributed by atoms with Crippen LogP contribution in [-0.4, -0.2) is 31.1 Å². The molecule has 0 aliphatic carbocycles. The highest BCUT2D eigenvalue weighted by Crippen LogP contribution is 2.36. The Kier molecular flexibility index (Phi) is 5.64. The molecular weight excluding hydrogens is 260 g/mol. The molecule has 0 bridgehead atoms. The van der Waals surface area contributed by atoms with E-state index in [-0.39, 0.29) is 0 Å². The molecule has 2 rings (SSSR count). The van der Waals surface area contributed by atoms with Crippen molar-refractivity contribution >= 4 is 0 Å². The van der Waals surface area contributed by atoms with Crippen LogP contribution in [0, 0.1) is 16.7 Å². The molecule has 1 aliphatic rings. The minimum Gasteiger partial charge on any atom is -0.494 e. The zero-order valence-electron chi connectivity index (χ0n) is 13.3. The molecule has 0 unspecified atom stereocenters. The fourth-order valence-corrected chi connectivity index (χ4v) is 3.18. The molecule has 0 N–H and O–H groups in total. The van der Waals surface area contributed by atoms with Gasteiger partial charge in [0, 0.05) is 13.1 Å². The van der Waals surface area contributed by atoms with Gasteiger partial charge in [0.15, 0.2) is 0 Å². The van der Waals surface area contributed by atoms with E-state index in [0.717, 1.165) is 25.3 Å². The second kappa shape index (κ2) is 7.47. The SMILES string of the molecule is CCC1(CC)CCN(CCCOc2cccc(C#N)c2)C1. The van der Waals surface area contributed by atoms with E-state index in [1.165, 1.54) is 32.4 Å². The molecule has 1 saturated heterocycles. The first-order valence-corrected chi connectivity index (χ1v) is 8.06. The van der Waals surface area contributed by atoms with Gasteiger partial charge < -0.3 is 9.64 Å². The van der Waals surface area contributed by atoms with E-state index in [4.69, 9.17) is 10.00 Å². The summed E-state index contributed by atoms with van der Waals surface area (Å²) in [6.45, 7) is 8.93. The molecule has 1 fully saturated rings. The van der Waals surface area contributed by atoms with Gasteiger partial charge in [-0.2, -0.15) is 5.26 Å². The number of nitriles is 1. The Morgan fingerprint density at radius 1 is 1.33 bits per heavy atom. The van der Waals surface area contributed by atoms with Crippen molar-refractivity contribution in [2.24, 2.45) is 5.41 Å². The highest BCUT2D eigenvalue weighted by Gasteiger charge is 2.34. The lowest BCUT2D eigenvalue weighted by atomic mass is 9.82. The molecule has 1 aromatic carbocycles. The zero-order valence-corrected chi connectivity index (χ0v) is 13.3. The molecule has 0 radical (unpaired) electrons. The molecule has 3 heteroatoms. The van der Waals surface area contributed by atoms with Gasteiger partial charge in [0.1, 0.15) is 5.75 Å². The number of nitrogens with zero attached hydrogens (tertiary/aromatic N) is 2. The molecule has 0 saturated carbocycles. The Bertz CT molecular complexity index is 488. The van der Waals surface area contributed by atoms with Gasteiger partial charge in [0.05, 0.1) is 18.2 Å². The van der Waals surface area contributed by atoms with Crippen LogP contribution in [0.5, 0.6) is 5.75 Å². The predicted molar refractivity (Wildman–Crippen MR) is 85.3 cm³/mol. The summed E-state index contributed by atoms with van der Waals surface area (Å²) in [4.78, 5) is 2.57. The Hall–Kier alpha value is -1.53. The van der Waals surface area contributed by atoms with Gasteiger partial charge in [-0.1, -0.05) is 19.9 Å². The maximum absolute atomic E-state index is 8.86. The predicted octanol–water partition coefficient (Wildman–Crippen LogP) is 3.84. The van der Waals surface area contributed by atoms with E-state index in [0.29, 0.717) is 11.0 Å². The molecule has 114 valence electrons. The third-order valence-corrected chi connectivity index (χ3v) is 4.87. The number of hydrogen-bond donors (Lipinski definition) is 0. The van der Waals surface area contributed by atoms with Crippen molar-refractivity contribution in [2.45, 2.75) is 39.5 Å². The Labute approximate surface area is 128 Å². The second-order valence-electron chi connectivity index (χ2n) is 6.07. The summed E-state index contributed by atoms with van der Waals surface area (Å²) in [5, 5.41) is 8.86. The van der Waals surface area contributed by atoms with Crippen molar-refractivity contribution in [1.29, 1.82) is 5.26 Å². The number of hydrogen-bond acceptors (Lipinski definition) is 3. The minimum absolute atomic E-state index is 0.558. The average molecular weight is 286 g/mol. The van der Waals surface area contributed by atoms with Crippen LogP contribution in [0.1, 0.15) is 45.1 Å². The molecule has 21 heavy (non-hydrogen) atoms. The summed E-state index contributed by atoms with van der Waals surface area (Å²) in [5.74, 6) is 0.798. The van der Waals surface area contributed by atoms with Gasteiger partial charge in [-0.25, -0.2) is 0 Å². The zero-order chi connectivity index (χ0) is 15.1. The number of likely N-dealkylation sites (tertiary alicyclic amines) is 1. The fraction of sp³-hybridized carbons (Fsp3) is 0.611. The first kappa shape index (κ1) is 15.9. The average Bonchev–Trinajstić information content (AvgIpc) is 2.96. The molecule has 0 spiro atoms. The van der Waals surface area contributed by atoms with Crippen molar-refractivity contribution < 1.29 is 4.74 Å². The van der Waals surface area contributed by atoms with Gasteiger partial charge in [-0.05, 0) is 55.8 Å². The van der Waals surface area contributed by atoms with Crippen LogP contribution < -0.4 is 4.74 Å². The molecule has 1 aromatic rings. The van der Waals surface area contributed by atoms with Gasteiger partial charge >= 0.3 is 0 Å².